The molecule has 1 aliphatic rings. The fraction of sp³-hybridized carbons (Fsp3) is 0.538. The van der Waals surface area contributed by atoms with Crippen LogP contribution < -0.4 is 5.73 Å². The molecule has 1 aromatic carbocycles. The van der Waals surface area contributed by atoms with Crippen LogP contribution in [0.1, 0.15) is 32.3 Å². The second-order valence-corrected chi connectivity index (χ2v) is 5.51. The molecule has 0 bridgehead atoms. The average molecular weight is 207 g/mol. The van der Waals surface area contributed by atoms with E-state index in [0.29, 0.717) is 12.0 Å². The number of nitrogens with two attached hydrogens (primary N) is 1. The fourth-order valence-corrected chi connectivity index (χ4v) is 3.05. The molecule has 0 aromatic heterocycles. The van der Waals surface area contributed by atoms with Gasteiger partial charge in [-0.1, -0.05) is 26.0 Å². The van der Waals surface area contributed by atoms with Crippen molar-refractivity contribution in [3.63, 3.8) is 0 Å². The van der Waals surface area contributed by atoms with Crippen LogP contribution in [-0.4, -0.2) is 6.54 Å². The van der Waals surface area contributed by atoms with E-state index in [9.17, 15) is 4.39 Å². The maximum Gasteiger partial charge on any atom is 0.123 e. The molecule has 0 radical (unpaired) electrons. The highest BCUT2D eigenvalue weighted by Crippen LogP contribution is 2.54. The molecule has 0 aliphatic heterocycles. The van der Waals surface area contributed by atoms with Crippen molar-refractivity contribution in [1.29, 1.82) is 0 Å². The van der Waals surface area contributed by atoms with Gasteiger partial charge in [-0.3, -0.25) is 0 Å². The van der Waals surface area contributed by atoms with Crippen LogP contribution in [0.4, 0.5) is 4.39 Å². The van der Waals surface area contributed by atoms with E-state index >= 15 is 0 Å². The van der Waals surface area contributed by atoms with Crippen molar-refractivity contribution in [2.24, 2.45) is 11.1 Å². The van der Waals surface area contributed by atoms with E-state index in [0.717, 1.165) is 12.8 Å². The Morgan fingerprint density at radius 1 is 1.20 bits per heavy atom. The lowest BCUT2D eigenvalue weighted by molar-refractivity contribution is 0.0634. The molecule has 1 aromatic rings. The highest BCUT2D eigenvalue weighted by Gasteiger charge is 2.48. The van der Waals surface area contributed by atoms with Gasteiger partial charge in [0, 0.05) is 12.0 Å². The average Bonchev–Trinajstić information content (AvgIpc) is 2.14. The highest BCUT2D eigenvalue weighted by molar-refractivity contribution is 5.31. The maximum atomic E-state index is 12.8. The Bertz CT molecular complexity index is 345. The molecule has 1 aliphatic carbocycles. The first kappa shape index (κ1) is 10.6. The Hall–Kier alpha value is -0.890. The summed E-state index contributed by atoms with van der Waals surface area (Å²) in [5, 5.41) is 0. The number of hydrogen-bond acceptors (Lipinski definition) is 1. The summed E-state index contributed by atoms with van der Waals surface area (Å²) in [6.45, 7) is 5.16. The first-order valence-electron chi connectivity index (χ1n) is 5.44. The molecular formula is C13H18FN. The van der Waals surface area contributed by atoms with Gasteiger partial charge in [0.1, 0.15) is 5.82 Å². The van der Waals surface area contributed by atoms with Crippen molar-refractivity contribution in [1.82, 2.24) is 0 Å². The normalized spacial score (nSPS) is 22.1. The van der Waals surface area contributed by atoms with E-state index in [1.807, 2.05) is 12.1 Å². The van der Waals surface area contributed by atoms with Crippen LogP contribution in [-0.2, 0) is 5.41 Å². The molecule has 0 saturated heterocycles. The SMILES string of the molecule is CC1(C)CC(CN)(c2ccc(F)cc2)C1. The predicted molar refractivity (Wildman–Crippen MR) is 60.1 cm³/mol. The third-order valence-electron chi connectivity index (χ3n) is 3.48. The van der Waals surface area contributed by atoms with E-state index in [4.69, 9.17) is 5.73 Å². The van der Waals surface area contributed by atoms with Gasteiger partial charge in [0.2, 0.25) is 0 Å². The van der Waals surface area contributed by atoms with Crippen LogP contribution in [0.15, 0.2) is 24.3 Å². The summed E-state index contributed by atoms with van der Waals surface area (Å²) in [6, 6.07) is 6.80. The summed E-state index contributed by atoms with van der Waals surface area (Å²) in [6.07, 6.45) is 2.20. The Labute approximate surface area is 90.5 Å². The molecule has 1 saturated carbocycles. The van der Waals surface area contributed by atoms with Crippen LogP contribution in [0.5, 0.6) is 0 Å². The predicted octanol–water partition coefficient (Wildman–Crippen LogP) is 2.84. The zero-order valence-corrected chi connectivity index (χ0v) is 9.39. The Morgan fingerprint density at radius 2 is 1.73 bits per heavy atom. The topological polar surface area (TPSA) is 26.0 Å². The number of halogens is 1. The third kappa shape index (κ3) is 1.78. The minimum Gasteiger partial charge on any atom is -0.330 e. The van der Waals surface area contributed by atoms with Crippen molar-refractivity contribution in [2.45, 2.75) is 32.1 Å². The molecular weight excluding hydrogens is 189 g/mol. The molecule has 1 fully saturated rings. The lowest BCUT2D eigenvalue weighted by Crippen LogP contribution is -2.51. The minimum absolute atomic E-state index is 0.0944. The van der Waals surface area contributed by atoms with Crippen molar-refractivity contribution >= 4 is 0 Å². The van der Waals surface area contributed by atoms with Crippen molar-refractivity contribution in [3.8, 4) is 0 Å². The van der Waals surface area contributed by atoms with Crippen molar-refractivity contribution in [3.05, 3.63) is 35.6 Å². The van der Waals surface area contributed by atoms with E-state index in [-0.39, 0.29) is 11.2 Å². The number of benzene rings is 1. The number of rotatable bonds is 2. The molecule has 0 unspecified atom stereocenters. The summed E-state index contributed by atoms with van der Waals surface area (Å²) < 4.78 is 12.8. The molecule has 1 nitrogen and oxygen atoms in total. The summed E-state index contributed by atoms with van der Waals surface area (Å²) in [5.41, 5.74) is 7.53. The quantitative estimate of drug-likeness (QED) is 0.793. The van der Waals surface area contributed by atoms with Crippen molar-refractivity contribution < 1.29 is 4.39 Å². The van der Waals surface area contributed by atoms with E-state index < -0.39 is 0 Å². The van der Waals surface area contributed by atoms with Crippen LogP contribution in [0, 0.1) is 11.2 Å². The lowest BCUT2D eigenvalue weighted by Gasteiger charge is -2.53. The largest absolute Gasteiger partial charge is 0.330 e. The Kier molecular flexibility index (Phi) is 2.34. The molecule has 2 N–H and O–H groups in total. The van der Waals surface area contributed by atoms with E-state index in [1.54, 1.807) is 0 Å². The van der Waals surface area contributed by atoms with Crippen LogP contribution in [0.3, 0.4) is 0 Å². The van der Waals surface area contributed by atoms with Crippen LogP contribution >= 0.6 is 0 Å². The van der Waals surface area contributed by atoms with Gasteiger partial charge in [0.25, 0.3) is 0 Å². The molecule has 2 rings (SSSR count). The molecule has 82 valence electrons. The zero-order valence-electron chi connectivity index (χ0n) is 9.39. The Morgan fingerprint density at radius 3 is 2.13 bits per heavy atom. The van der Waals surface area contributed by atoms with Gasteiger partial charge in [-0.15, -0.1) is 0 Å². The van der Waals surface area contributed by atoms with Gasteiger partial charge >= 0.3 is 0 Å². The van der Waals surface area contributed by atoms with Gasteiger partial charge in [0.05, 0.1) is 0 Å². The number of hydrogen-bond donors (Lipinski definition) is 1. The molecule has 0 spiro atoms. The van der Waals surface area contributed by atoms with E-state index in [1.165, 1.54) is 17.7 Å². The van der Waals surface area contributed by atoms with E-state index in [2.05, 4.69) is 13.8 Å². The standard InChI is InChI=1S/C13H18FN/c1-12(2)7-13(8-12,9-15)10-3-5-11(14)6-4-10/h3-6H,7-9,15H2,1-2H3. The van der Waals surface area contributed by atoms with Crippen molar-refractivity contribution in [2.75, 3.05) is 6.54 Å². The van der Waals surface area contributed by atoms with Gasteiger partial charge in [0.15, 0.2) is 0 Å². The fourth-order valence-electron chi connectivity index (χ4n) is 3.05. The lowest BCUT2D eigenvalue weighted by atomic mass is 9.52. The smallest absolute Gasteiger partial charge is 0.123 e. The van der Waals surface area contributed by atoms with Crippen LogP contribution in [0.2, 0.25) is 0 Å². The second-order valence-electron chi connectivity index (χ2n) is 5.51. The minimum atomic E-state index is -0.176. The summed E-state index contributed by atoms with van der Waals surface area (Å²) in [7, 11) is 0. The summed E-state index contributed by atoms with van der Waals surface area (Å²) >= 11 is 0. The van der Waals surface area contributed by atoms with Gasteiger partial charge < -0.3 is 5.73 Å². The monoisotopic (exact) mass is 207 g/mol. The molecule has 2 heteroatoms. The first-order chi connectivity index (χ1) is 6.97. The maximum absolute atomic E-state index is 12.8. The van der Waals surface area contributed by atoms with Gasteiger partial charge in [-0.2, -0.15) is 0 Å². The Balaban J connectivity index is 2.25. The summed E-state index contributed by atoms with van der Waals surface area (Å²) in [5.74, 6) is -0.176. The third-order valence-corrected chi connectivity index (χ3v) is 3.48. The zero-order chi connectivity index (χ0) is 11.1. The molecule has 0 heterocycles. The molecule has 0 atom stereocenters. The molecule has 0 amide bonds. The van der Waals surface area contributed by atoms with Gasteiger partial charge in [-0.25, -0.2) is 4.39 Å². The first-order valence-corrected chi connectivity index (χ1v) is 5.44. The second kappa shape index (κ2) is 3.31. The summed E-state index contributed by atoms with van der Waals surface area (Å²) in [4.78, 5) is 0. The van der Waals surface area contributed by atoms with Gasteiger partial charge in [-0.05, 0) is 36.0 Å². The van der Waals surface area contributed by atoms with Crippen LogP contribution in [0.25, 0.3) is 0 Å². The molecule has 15 heavy (non-hydrogen) atoms. The highest BCUT2D eigenvalue weighted by atomic mass is 19.1.